The quantitative estimate of drug-likeness (QED) is 0.487. The number of aryl methyl sites for hydroxylation is 1. The molecule has 0 saturated carbocycles. The number of nitrogens with one attached hydrogen (secondary N) is 2. The molecule has 0 saturated heterocycles. The van der Waals surface area contributed by atoms with Crippen LogP contribution in [-0.2, 0) is 11.2 Å². The summed E-state index contributed by atoms with van der Waals surface area (Å²) in [6.07, 6.45) is 4.28. The second kappa shape index (κ2) is 7.98. The lowest BCUT2D eigenvalue weighted by atomic mass is 10.1. The molecule has 0 spiro atoms. The van der Waals surface area contributed by atoms with Crippen molar-refractivity contribution in [2.75, 3.05) is 12.4 Å². The van der Waals surface area contributed by atoms with Gasteiger partial charge >= 0.3 is 0 Å². The lowest BCUT2D eigenvalue weighted by Crippen LogP contribution is -2.13. The van der Waals surface area contributed by atoms with Gasteiger partial charge in [-0.05, 0) is 36.3 Å². The van der Waals surface area contributed by atoms with Crippen LogP contribution in [0.2, 0.25) is 5.02 Å². The van der Waals surface area contributed by atoms with E-state index < -0.39 is 5.91 Å². The summed E-state index contributed by atoms with van der Waals surface area (Å²) in [5, 5.41) is 13.5. The number of amides is 1. The molecule has 0 aliphatic carbocycles. The van der Waals surface area contributed by atoms with Crippen LogP contribution in [0, 0.1) is 11.3 Å². The molecule has 0 atom stereocenters. The lowest BCUT2D eigenvalue weighted by molar-refractivity contribution is -0.112. The number of nitrogens with zero attached hydrogens (tertiary/aromatic N) is 1. The summed E-state index contributed by atoms with van der Waals surface area (Å²) in [7, 11) is 1.52. The topological polar surface area (TPSA) is 77.9 Å². The molecule has 0 aliphatic heterocycles. The number of anilines is 1. The van der Waals surface area contributed by atoms with Crippen molar-refractivity contribution in [3.05, 3.63) is 64.3 Å². The van der Waals surface area contributed by atoms with Gasteiger partial charge in [0.2, 0.25) is 0 Å². The number of rotatable bonds is 5. The van der Waals surface area contributed by atoms with Crippen molar-refractivity contribution in [3.8, 4) is 11.8 Å². The SMILES string of the molecule is CCc1cccc2c(/C=C(\C#N)C(=O)Nc3ccc(OC)c(Cl)c3)c[nH]c12. The van der Waals surface area contributed by atoms with Gasteiger partial charge in [-0.25, -0.2) is 0 Å². The van der Waals surface area contributed by atoms with Gasteiger partial charge in [-0.2, -0.15) is 5.26 Å². The van der Waals surface area contributed by atoms with Crippen molar-refractivity contribution in [2.24, 2.45) is 0 Å². The Morgan fingerprint density at radius 3 is 2.85 bits per heavy atom. The molecule has 0 bridgehead atoms. The summed E-state index contributed by atoms with van der Waals surface area (Å²) in [6, 6.07) is 12.8. The van der Waals surface area contributed by atoms with Crippen LogP contribution in [0.5, 0.6) is 5.75 Å². The van der Waals surface area contributed by atoms with Crippen LogP contribution < -0.4 is 10.1 Å². The van der Waals surface area contributed by atoms with Gasteiger partial charge in [-0.1, -0.05) is 36.7 Å². The first-order valence-electron chi connectivity index (χ1n) is 8.43. The number of carbonyl (C=O) groups is 1. The van der Waals surface area contributed by atoms with Gasteiger partial charge in [0.25, 0.3) is 5.91 Å². The van der Waals surface area contributed by atoms with Gasteiger partial charge in [-0.3, -0.25) is 4.79 Å². The molecule has 0 unspecified atom stereocenters. The maximum Gasteiger partial charge on any atom is 0.266 e. The van der Waals surface area contributed by atoms with Crippen LogP contribution in [0.1, 0.15) is 18.1 Å². The lowest BCUT2D eigenvalue weighted by Gasteiger charge is -2.07. The highest BCUT2D eigenvalue weighted by molar-refractivity contribution is 6.32. The highest BCUT2D eigenvalue weighted by atomic mass is 35.5. The Bertz CT molecular complexity index is 1080. The van der Waals surface area contributed by atoms with Gasteiger partial charge in [-0.15, -0.1) is 0 Å². The number of benzene rings is 2. The van der Waals surface area contributed by atoms with E-state index in [9.17, 15) is 10.1 Å². The molecule has 136 valence electrons. The fourth-order valence-corrected chi connectivity index (χ4v) is 3.16. The first kappa shape index (κ1) is 18.6. The van der Waals surface area contributed by atoms with Gasteiger partial charge < -0.3 is 15.0 Å². The van der Waals surface area contributed by atoms with Crippen molar-refractivity contribution >= 4 is 40.2 Å². The van der Waals surface area contributed by atoms with Crippen LogP contribution in [0.15, 0.2) is 48.2 Å². The average molecular weight is 380 g/mol. The van der Waals surface area contributed by atoms with E-state index in [0.717, 1.165) is 22.9 Å². The van der Waals surface area contributed by atoms with Crippen molar-refractivity contribution in [1.29, 1.82) is 5.26 Å². The molecule has 27 heavy (non-hydrogen) atoms. The number of methoxy groups -OCH3 is 1. The number of aromatic nitrogens is 1. The van der Waals surface area contributed by atoms with E-state index in [1.54, 1.807) is 30.5 Å². The van der Waals surface area contributed by atoms with Gasteiger partial charge in [0.05, 0.1) is 12.1 Å². The van der Waals surface area contributed by atoms with E-state index in [2.05, 4.69) is 23.3 Å². The van der Waals surface area contributed by atoms with Crippen LogP contribution in [0.4, 0.5) is 5.69 Å². The van der Waals surface area contributed by atoms with Crippen molar-refractivity contribution in [2.45, 2.75) is 13.3 Å². The van der Waals surface area contributed by atoms with Gasteiger partial charge in [0, 0.05) is 28.4 Å². The Labute approximate surface area is 162 Å². The molecule has 0 radical (unpaired) electrons. The number of hydrogen-bond donors (Lipinski definition) is 2. The predicted molar refractivity (Wildman–Crippen MR) is 108 cm³/mol. The summed E-state index contributed by atoms with van der Waals surface area (Å²) < 4.78 is 5.09. The van der Waals surface area contributed by atoms with Crippen molar-refractivity contribution < 1.29 is 9.53 Å². The van der Waals surface area contributed by atoms with Crippen LogP contribution in [0.25, 0.3) is 17.0 Å². The first-order chi connectivity index (χ1) is 13.1. The largest absolute Gasteiger partial charge is 0.495 e. The highest BCUT2D eigenvalue weighted by Gasteiger charge is 2.13. The van der Waals surface area contributed by atoms with Crippen LogP contribution >= 0.6 is 11.6 Å². The number of nitriles is 1. The zero-order chi connectivity index (χ0) is 19.4. The minimum atomic E-state index is -0.500. The standard InChI is InChI=1S/C21H18ClN3O2/c1-3-13-5-4-6-17-15(12-24-20(13)17)9-14(11-23)21(26)25-16-7-8-19(27-2)18(22)10-16/h4-10,12,24H,3H2,1-2H3,(H,25,26)/b14-9+. The Balaban J connectivity index is 1.90. The molecule has 1 amide bonds. The van der Waals surface area contributed by atoms with Crippen molar-refractivity contribution in [3.63, 3.8) is 0 Å². The normalized spacial score (nSPS) is 11.3. The fourth-order valence-electron chi connectivity index (χ4n) is 2.90. The number of fused-ring (bicyclic) bond motifs is 1. The summed E-state index contributed by atoms with van der Waals surface area (Å²) in [5.74, 6) is 0.0102. The summed E-state index contributed by atoms with van der Waals surface area (Å²) in [4.78, 5) is 15.7. The molecular formula is C21H18ClN3O2. The predicted octanol–water partition coefficient (Wildman–Crippen LogP) is 4.94. The first-order valence-corrected chi connectivity index (χ1v) is 8.80. The van der Waals surface area contributed by atoms with Crippen LogP contribution in [0.3, 0.4) is 0 Å². The van der Waals surface area contributed by atoms with Crippen LogP contribution in [-0.4, -0.2) is 18.0 Å². The minimum absolute atomic E-state index is 0.00439. The van der Waals surface area contributed by atoms with E-state index >= 15 is 0 Å². The average Bonchev–Trinajstić information content (AvgIpc) is 3.09. The number of carbonyl (C=O) groups excluding carboxylic acids is 1. The third-order valence-electron chi connectivity index (χ3n) is 4.29. The Hall–Kier alpha value is -3.23. The molecule has 1 heterocycles. The van der Waals surface area contributed by atoms with Crippen molar-refractivity contribution in [1.82, 2.24) is 4.98 Å². The van der Waals surface area contributed by atoms with Gasteiger partial charge in [0.15, 0.2) is 0 Å². The molecule has 5 nitrogen and oxygen atoms in total. The highest BCUT2D eigenvalue weighted by Crippen LogP contribution is 2.28. The van der Waals surface area contributed by atoms with E-state index in [0.29, 0.717) is 16.5 Å². The van der Waals surface area contributed by atoms with E-state index in [-0.39, 0.29) is 5.57 Å². The molecule has 6 heteroatoms. The fraction of sp³-hybridized carbons (Fsp3) is 0.143. The number of H-pyrrole nitrogens is 1. The zero-order valence-corrected chi connectivity index (χ0v) is 15.7. The second-order valence-electron chi connectivity index (χ2n) is 5.91. The molecule has 2 aromatic carbocycles. The molecule has 1 aromatic heterocycles. The number of hydrogen-bond acceptors (Lipinski definition) is 3. The molecule has 0 aliphatic rings. The molecular weight excluding hydrogens is 362 g/mol. The smallest absolute Gasteiger partial charge is 0.266 e. The second-order valence-corrected chi connectivity index (χ2v) is 6.32. The number of para-hydroxylation sites is 1. The minimum Gasteiger partial charge on any atom is -0.495 e. The summed E-state index contributed by atoms with van der Waals surface area (Å²) >= 11 is 6.08. The molecule has 3 rings (SSSR count). The summed E-state index contributed by atoms with van der Waals surface area (Å²) in [5.41, 5.74) is 3.48. The number of ether oxygens (including phenoxy) is 1. The molecule has 2 N–H and O–H groups in total. The maximum absolute atomic E-state index is 12.5. The Morgan fingerprint density at radius 2 is 2.19 bits per heavy atom. The number of aromatic amines is 1. The monoisotopic (exact) mass is 379 g/mol. The Kier molecular flexibility index (Phi) is 5.49. The third-order valence-corrected chi connectivity index (χ3v) is 4.58. The zero-order valence-electron chi connectivity index (χ0n) is 15.0. The molecule has 0 fully saturated rings. The third kappa shape index (κ3) is 3.81. The van der Waals surface area contributed by atoms with E-state index in [1.165, 1.54) is 12.7 Å². The summed E-state index contributed by atoms with van der Waals surface area (Å²) in [6.45, 7) is 2.08. The number of halogens is 1. The van der Waals surface area contributed by atoms with E-state index in [1.807, 2.05) is 18.2 Å². The van der Waals surface area contributed by atoms with Gasteiger partial charge in [0.1, 0.15) is 17.4 Å². The van der Waals surface area contributed by atoms with E-state index in [4.69, 9.17) is 16.3 Å². The molecule has 3 aromatic rings. The maximum atomic E-state index is 12.5. The Morgan fingerprint density at radius 1 is 1.37 bits per heavy atom.